The van der Waals surface area contributed by atoms with Gasteiger partial charge in [-0.3, -0.25) is 4.79 Å². The van der Waals surface area contributed by atoms with E-state index >= 15 is 0 Å². The van der Waals surface area contributed by atoms with Crippen molar-refractivity contribution in [3.05, 3.63) is 81.2 Å². The van der Waals surface area contributed by atoms with Gasteiger partial charge in [-0.1, -0.05) is 59.2 Å². The van der Waals surface area contributed by atoms with Gasteiger partial charge in [-0.2, -0.15) is 0 Å². The number of rotatable bonds is 8. The molecule has 1 heterocycles. The number of ether oxygens (including phenoxy) is 2. The third-order valence-electron chi connectivity index (χ3n) is 6.95. The van der Waals surface area contributed by atoms with Gasteiger partial charge in [0.15, 0.2) is 0 Å². The highest BCUT2D eigenvalue weighted by molar-refractivity contribution is 6.30. The summed E-state index contributed by atoms with van der Waals surface area (Å²) < 4.78 is 11.1. The third kappa shape index (κ3) is 5.61. The fourth-order valence-corrected chi connectivity index (χ4v) is 5.43. The van der Waals surface area contributed by atoms with Gasteiger partial charge in [0.2, 0.25) is 5.91 Å². The lowest BCUT2D eigenvalue weighted by molar-refractivity contribution is -0.131. The topological polar surface area (TPSA) is 105 Å². The van der Waals surface area contributed by atoms with Gasteiger partial charge in [-0.15, -0.1) is 0 Å². The van der Waals surface area contributed by atoms with Crippen LogP contribution in [-0.2, 0) is 14.3 Å². The largest absolute Gasteiger partial charge is 0.446 e. The van der Waals surface area contributed by atoms with Crippen molar-refractivity contribution >= 4 is 23.6 Å². The normalized spacial score (nSPS) is 23.8. The molecule has 8 nitrogen and oxygen atoms in total. The van der Waals surface area contributed by atoms with E-state index in [1.807, 2.05) is 49.4 Å². The molecule has 0 spiro atoms. The summed E-state index contributed by atoms with van der Waals surface area (Å²) in [5, 5.41) is 4.55. The summed E-state index contributed by atoms with van der Waals surface area (Å²) in [6.07, 6.45) is 2.81. The van der Waals surface area contributed by atoms with Crippen molar-refractivity contribution in [3.8, 4) is 0 Å². The Kier molecular flexibility index (Phi) is 8.29. The van der Waals surface area contributed by atoms with Crippen LogP contribution in [0.3, 0.4) is 0 Å². The summed E-state index contributed by atoms with van der Waals surface area (Å²) in [4.78, 5) is 30.8. The zero-order chi connectivity index (χ0) is 24.8. The molecule has 4 rings (SSSR count). The molecule has 2 fully saturated rings. The smallest absolute Gasteiger partial charge is 0.417 e. The molecule has 0 unspecified atom stereocenters. The van der Waals surface area contributed by atoms with Crippen LogP contribution in [0.5, 0.6) is 0 Å². The van der Waals surface area contributed by atoms with Crippen LogP contribution in [-0.4, -0.2) is 42.3 Å². The van der Waals surface area contributed by atoms with Gasteiger partial charge in [0, 0.05) is 22.5 Å². The minimum absolute atomic E-state index is 0.0582. The van der Waals surface area contributed by atoms with Crippen LogP contribution in [0.15, 0.2) is 59.7 Å². The van der Waals surface area contributed by atoms with Crippen LogP contribution in [0.2, 0.25) is 5.02 Å². The number of imide groups is 1. The second-order valence-electron chi connectivity index (χ2n) is 8.93. The number of hydrogen-bond acceptors (Lipinski definition) is 5. The molecule has 1 aliphatic heterocycles. The van der Waals surface area contributed by atoms with E-state index in [1.54, 1.807) is 12.1 Å². The molecular weight excluding hydrogens is 468 g/mol. The van der Waals surface area contributed by atoms with E-state index < -0.39 is 30.0 Å². The third-order valence-corrected chi connectivity index (χ3v) is 7.20. The van der Waals surface area contributed by atoms with Crippen molar-refractivity contribution in [2.24, 2.45) is 11.0 Å². The standard InChI is InChI=1S/C26H29ClN4O4/c1-2-34-21-14-10-19(11-15-21)23(18-8-12-20(27)13-9-18)24(29-30-28)25(32)31-22(16-35-26(31)33)17-6-4-3-5-7-17/h3-9,12-13,19,21-24H,2,10-11,14-16H2,1H3/t19?,21?,22-,23+,24+/m1/s1. The molecule has 9 heteroatoms. The van der Waals surface area contributed by atoms with Crippen molar-refractivity contribution in [2.45, 2.75) is 56.7 Å². The van der Waals surface area contributed by atoms with E-state index in [0.29, 0.717) is 11.6 Å². The molecule has 0 N–H and O–H groups in total. The van der Waals surface area contributed by atoms with Crippen LogP contribution in [0, 0.1) is 5.92 Å². The van der Waals surface area contributed by atoms with Crippen LogP contribution in [0.1, 0.15) is 55.7 Å². The first-order chi connectivity index (χ1) is 17.0. The van der Waals surface area contributed by atoms with Gasteiger partial charge in [-0.25, -0.2) is 9.69 Å². The fourth-order valence-electron chi connectivity index (χ4n) is 5.31. The van der Waals surface area contributed by atoms with Crippen LogP contribution in [0.4, 0.5) is 4.79 Å². The van der Waals surface area contributed by atoms with E-state index in [4.69, 9.17) is 21.1 Å². The molecule has 2 aromatic carbocycles. The minimum atomic E-state index is -1.10. The fraction of sp³-hybridized carbons (Fsp3) is 0.462. The number of halogens is 1. The maximum atomic E-state index is 13.9. The summed E-state index contributed by atoms with van der Waals surface area (Å²) >= 11 is 6.13. The summed E-state index contributed by atoms with van der Waals surface area (Å²) in [5.41, 5.74) is 11.1. The highest BCUT2D eigenvalue weighted by Crippen LogP contribution is 2.42. The van der Waals surface area contributed by atoms with Gasteiger partial charge in [-0.05, 0) is 67.3 Å². The molecule has 2 aromatic rings. The van der Waals surface area contributed by atoms with Crippen LogP contribution < -0.4 is 0 Å². The van der Waals surface area contributed by atoms with Crippen molar-refractivity contribution in [2.75, 3.05) is 13.2 Å². The summed E-state index contributed by atoms with van der Waals surface area (Å²) in [6, 6.07) is 14.8. The molecule has 35 heavy (non-hydrogen) atoms. The Morgan fingerprint density at radius 3 is 2.49 bits per heavy atom. The number of azide groups is 1. The Morgan fingerprint density at radius 2 is 1.86 bits per heavy atom. The number of carbonyl (C=O) groups is 2. The van der Waals surface area contributed by atoms with Crippen molar-refractivity contribution in [1.29, 1.82) is 0 Å². The number of hydrogen-bond donors (Lipinski definition) is 0. The molecular formula is C26H29ClN4O4. The minimum Gasteiger partial charge on any atom is -0.446 e. The van der Waals surface area contributed by atoms with Crippen LogP contribution >= 0.6 is 11.6 Å². The lowest BCUT2D eigenvalue weighted by atomic mass is 9.72. The van der Waals surface area contributed by atoms with E-state index in [2.05, 4.69) is 10.0 Å². The Morgan fingerprint density at radius 1 is 1.17 bits per heavy atom. The average Bonchev–Trinajstić information content (AvgIpc) is 3.27. The molecule has 2 amide bonds. The van der Waals surface area contributed by atoms with Gasteiger partial charge >= 0.3 is 6.09 Å². The molecule has 1 saturated carbocycles. The Labute approximate surface area is 209 Å². The average molecular weight is 497 g/mol. The molecule has 0 aromatic heterocycles. The number of cyclic esters (lactones) is 1. The van der Waals surface area contributed by atoms with E-state index in [0.717, 1.165) is 41.7 Å². The van der Waals surface area contributed by atoms with Crippen molar-refractivity contribution in [3.63, 3.8) is 0 Å². The second kappa shape index (κ2) is 11.6. The molecule has 0 bridgehead atoms. The monoisotopic (exact) mass is 496 g/mol. The van der Waals surface area contributed by atoms with Gasteiger partial charge < -0.3 is 9.47 Å². The van der Waals surface area contributed by atoms with Crippen molar-refractivity contribution < 1.29 is 19.1 Å². The summed E-state index contributed by atoms with van der Waals surface area (Å²) in [7, 11) is 0. The second-order valence-corrected chi connectivity index (χ2v) is 9.37. The number of carbonyl (C=O) groups excluding carboxylic acids is 2. The SMILES string of the molecule is CCOC1CCC([C@H](c2ccc(Cl)cc2)[C@H](N=[N+]=[N-])C(=O)N2C(=O)OC[C@@H]2c2ccccc2)CC1. The maximum Gasteiger partial charge on any atom is 0.417 e. The lowest BCUT2D eigenvalue weighted by Crippen LogP contribution is -2.45. The highest BCUT2D eigenvalue weighted by atomic mass is 35.5. The quantitative estimate of drug-likeness (QED) is 0.239. The Bertz CT molecular complexity index is 1070. The maximum absolute atomic E-state index is 13.9. The lowest BCUT2D eigenvalue weighted by Gasteiger charge is -2.37. The van der Waals surface area contributed by atoms with Gasteiger partial charge in [0.05, 0.1) is 6.10 Å². The first kappa shape index (κ1) is 25.0. The molecule has 2 aliphatic rings. The Hall–Kier alpha value is -3.06. The zero-order valence-electron chi connectivity index (χ0n) is 19.6. The Balaban J connectivity index is 1.69. The van der Waals surface area contributed by atoms with E-state index in [-0.39, 0.29) is 18.6 Å². The molecule has 1 saturated heterocycles. The summed E-state index contributed by atoms with van der Waals surface area (Å²) in [6.45, 7) is 2.70. The van der Waals surface area contributed by atoms with E-state index in [1.165, 1.54) is 0 Å². The molecule has 184 valence electrons. The predicted octanol–water partition coefficient (Wildman–Crippen LogP) is 6.42. The zero-order valence-corrected chi connectivity index (χ0v) is 20.4. The van der Waals surface area contributed by atoms with E-state index in [9.17, 15) is 15.1 Å². The first-order valence-corrected chi connectivity index (χ1v) is 12.4. The number of benzene rings is 2. The number of nitrogens with zero attached hydrogens (tertiary/aromatic N) is 4. The first-order valence-electron chi connectivity index (χ1n) is 12.0. The highest BCUT2D eigenvalue weighted by Gasteiger charge is 2.45. The van der Waals surface area contributed by atoms with Gasteiger partial charge in [0.25, 0.3) is 0 Å². The van der Waals surface area contributed by atoms with Crippen LogP contribution in [0.25, 0.3) is 10.4 Å². The number of amides is 2. The summed E-state index contributed by atoms with van der Waals surface area (Å²) in [5.74, 6) is -0.893. The molecule has 0 radical (unpaired) electrons. The van der Waals surface area contributed by atoms with Gasteiger partial charge in [0.1, 0.15) is 18.7 Å². The van der Waals surface area contributed by atoms with Crippen molar-refractivity contribution in [1.82, 2.24) is 4.90 Å². The molecule has 3 atom stereocenters. The predicted molar refractivity (Wildman–Crippen MR) is 132 cm³/mol. The molecule has 1 aliphatic carbocycles.